The van der Waals surface area contributed by atoms with Gasteiger partial charge in [-0.1, -0.05) is 0 Å². The Hall–Kier alpha value is -2.99. The van der Waals surface area contributed by atoms with Crippen LogP contribution in [0.5, 0.6) is 0 Å². The molecule has 180 valence electrons. The fourth-order valence-corrected chi connectivity index (χ4v) is 5.47. The molecule has 0 spiro atoms. The maximum Gasteiger partial charge on any atom is 0.249 e. The van der Waals surface area contributed by atoms with Gasteiger partial charge in [-0.3, -0.25) is 33.6 Å². The number of anilines is 1. The smallest absolute Gasteiger partial charge is 0.249 e. The lowest BCUT2D eigenvalue weighted by molar-refractivity contribution is -0.126. The van der Waals surface area contributed by atoms with Gasteiger partial charge in [-0.05, 0) is 37.1 Å². The van der Waals surface area contributed by atoms with Crippen molar-refractivity contribution in [1.29, 1.82) is 0 Å². The minimum Gasteiger partial charge on any atom is -0.444 e. The molecule has 0 radical (unpaired) electrons. The Morgan fingerprint density at radius 2 is 1.88 bits per heavy atom. The summed E-state index contributed by atoms with van der Waals surface area (Å²) >= 11 is 5.93. The number of carbonyl (C=O) groups excluding carboxylic acids is 2. The fourth-order valence-electron chi connectivity index (χ4n) is 3.81. The first-order valence-electron chi connectivity index (χ1n) is 10.5. The standard InChI is InChI=1S/C22H24ClN5O5S/c23-11-20(29)28(17-3-1-15(2-4-17)19-13-25-14-33-19)21(18-12-24-7-8-26-18)22(30)27-16-5-9-34(31,32)10-6-16/h1-4,7-8,12-14,16,21,31-32H,5-6,9-11H2,(H,27,30). The molecule has 3 N–H and O–H groups in total. The highest BCUT2D eigenvalue weighted by atomic mass is 35.5. The molecule has 2 amide bonds. The molecule has 3 aromatic rings. The summed E-state index contributed by atoms with van der Waals surface area (Å²) in [6.45, 7) is 0. The number of hydrogen-bond acceptors (Lipinski definition) is 8. The molecular weight excluding hydrogens is 482 g/mol. The number of carbonyl (C=O) groups is 2. The third-order valence-electron chi connectivity index (χ3n) is 5.55. The van der Waals surface area contributed by atoms with Crippen molar-refractivity contribution in [3.8, 4) is 11.3 Å². The quantitative estimate of drug-likeness (QED) is 0.414. The van der Waals surface area contributed by atoms with Gasteiger partial charge in [-0.2, -0.15) is 10.6 Å². The van der Waals surface area contributed by atoms with Gasteiger partial charge in [0.1, 0.15) is 5.88 Å². The van der Waals surface area contributed by atoms with Gasteiger partial charge in [0.2, 0.25) is 11.8 Å². The van der Waals surface area contributed by atoms with Crippen molar-refractivity contribution in [2.45, 2.75) is 24.9 Å². The molecule has 0 aliphatic carbocycles. The minimum atomic E-state index is -2.59. The zero-order valence-electron chi connectivity index (χ0n) is 18.1. The highest BCUT2D eigenvalue weighted by Crippen LogP contribution is 2.44. The van der Waals surface area contributed by atoms with Gasteiger partial charge >= 0.3 is 0 Å². The Kier molecular flexibility index (Phi) is 7.47. The highest BCUT2D eigenvalue weighted by Gasteiger charge is 2.35. The van der Waals surface area contributed by atoms with Gasteiger partial charge in [-0.15, -0.1) is 11.6 Å². The Balaban J connectivity index is 1.65. The molecule has 34 heavy (non-hydrogen) atoms. The first kappa shape index (κ1) is 24.1. The largest absolute Gasteiger partial charge is 0.444 e. The van der Waals surface area contributed by atoms with Crippen LogP contribution in [0, 0.1) is 0 Å². The topological polar surface area (TPSA) is 142 Å². The number of aromatic nitrogens is 3. The summed E-state index contributed by atoms with van der Waals surface area (Å²) in [5.74, 6) is -0.284. The number of benzene rings is 1. The maximum absolute atomic E-state index is 13.5. The summed E-state index contributed by atoms with van der Waals surface area (Å²) < 4.78 is 25.1. The second-order valence-corrected chi connectivity index (χ2v) is 10.5. The fraction of sp³-hybridized carbons (Fsp3) is 0.318. The van der Waals surface area contributed by atoms with E-state index in [4.69, 9.17) is 16.0 Å². The molecule has 3 heterocycles. The van der Waals surface area contributed by atoms with Crippen molar-refractivity contribution in [2.24, 2.45) is 0 Å². The molecule has 1 saturated heterocycles. The van der Waals surface area contributed by atoms with Crippen LogP contribution in [-0.2, 0) is 9.59 Å². The summed E-state index contributed by atoms with van der Waals surface area (Å²) in [6, 6.07) is 5.50. The number of oxazole rings is 1. The van der Waals surface area contributed by atoms with E-state index in [9.17, 15) is 18.7 Å². The molecule has 0 saturated carbocycles. The van der Waals surface area contributed by atoms with E-state index in [0.29, 0.717) is 24.3 Å². The number of nitrogens with one attached hydrogen (secondary N) is 1. The van der Waals surface area contributed by atoms with Crippen LogP contribution >= 0.6 is 22.2 Å². The van der Waals surface area contributed by atoms with Crippen molar-refractivity contribution in [1.82, 2.24) is 20.3 Å². The lowest BCUT2D eigenvalue weighted by atomic mass is 10.1. The highest BCUT2D eigenvalue weighted by molar-refractivity contribution is 8.24. The zero-order chi connectivity index (χ0) is 24.1. The van der Waals surface area contributed by atoms with Crippen molar-refractivity contribution in [3.63, 3.8) is 0 Å². The molecule has 1 aliphatic heterocycles. The van der Waals surface area contributed by atoms with Gasteiger partial charge in [-0.25, -0.2) is 4.98 Å². The monoisotopic (exact) mass is 505 g/mol. The van der Waals surface area contributed by atoms with E-state index in [1.807, 2.05) is 0 Å². The summed E-state index contributed by atoms with van der Waals surface area (Å²) in [6.07, 6.45) is 8.11. The Morgan fingerprint density at radius 1 is 1.15 bits per heavy atom. The van der Waals surface area contributed by atoms with E-state index < -0.39 is 28.4 Å². The SMILES string of the molecule is O=C(NC1CCS(O)(O)CC1)C(c1cnccn1)N(C(=O)CCl)c1ccc(-c2cnco2)cc1. The number of hydrogen-bond donors (Lipinski definition) is 3. The van der Waals surface area contributed by atoms with Crippen LogP contribution in [0.25, 0.3) is 11.3 Å². The first-order valence-corrected chi connectivity index (χ1v) is 13.0. The Bertz CT molecular complexity index is 1100. The van der Waals surface area contributed by atoms with E-state index in [-0.39, 0.29) is 29.1 Å². The van der Waals surface area contributed by atoms with Crippen molar-refractivity contribution < 1.29 is 23.1 Å². The van der Waals surface area contributed by atoms with Crippen LogP contribution in [0.4, 0.5) is 5.69 Å². The molecule has 1 atom stereocenters. The number of amides is 2. The molecule has 1 fully saturated rings. The molecule has 0 bridgehead atoms. The number of halogens is 1. The van der Waals surface area contributed by atoms with E-state index >= 15 is 0 Å². The average molecular weight is 506 g/mol. The first-order chi connectivity index (χ1) is 16.4. The second kappa shape index (κ2) is 10.5. The molecular formula is C22H24ClN5O5S. The van der Waals surface area contributed by atoms with Crippen LogP contribution in [0.2, 0.25) is 0 Å². The zero-order valence-corrected chi connectivity index (χ0v) is 19.7. The third kappa shape index (κ3) is 5.55. The van der Waals surface area contributed by atoms with Crippen LogP contribution < -0.4 is 10.2 Å². The second-order valence-electron chi connectivity index (χ2n) is 7.84. The molecule has 2 aromatic heterocycles. The van der Waals surface area contributed by atoms with Crippen LogP contribution in [0.3, 0.4) is 0 Å². The lowest BCUT2D eigenvalue weighted by Gasteiger charge is -2.40. The molecule has 1 aromatic carbocycles. The number of alkyl halides is 1. The van der Waals surface area contributed by atoms with Crippen LogP contribution in [0.1, 0.15) is 24.6 Å². The van der Waals surface area contributed by atoms with Gasteiger partial charge in [0.25, 0.3) is 0 Å². The molecule has 1 aliphatic rings. The van der Waals surface area contributed by atoms with Crippen molar-refractivity contribution in [2.75, 3.05) is 22.3 Å². The van der Waals surface area contributed by atoms with Crippen LogP contribution in [-0.4, -0.2) is 59.3 Å². The van der Waals surface area contributed by atoms with E-state index in [1.165, 1.54) is 29.9 Å². The predicted molar refractivity (Wildman–Crippen MR) is 129 cm³/mol. The Labute approximate surface area is 202 Å². The Morgan fingerprint density at radius 3 is 2.47 bits per heavy atom. The normalized spacial score (nSPS) is 17.5. The maximum atomic E-state index is 13.5. The summed E-state index contributed by atoms with van der Waals surface area (Å²) in [5.41, 5.74) is 1.47. The predicted octanol–water partition coefficient (Wildman–Crippen LogP) is 3.47. The number of rotatable bonds is 7. The van der Waals surface area contributed by atoms with Crippen molar-refractivity contribution >= 4 is 39.7 Å². The number of nitrogens with zero attached hydrogens (tertiary/aromatic N) is 4. The van der Waals surface area contributed by atoms with Gasteiger partial charge in [0, 0.05) is 41.2 Å². The molecule has 12 heteroatoms. The summed E-state index contributed by atoms with van der Waals surface area (Å²) in [4.78, 5) is 40.1. The molecule has 10 nitrogen and oxygen atoms in total. The van der Waals surface area contributed by atoms with E-state index in [0.717, 1.165) is 5.56 Å². The summed E-state index contributed by atoms with van der Waals surface area (Å²) in [7, 11) is -2.59. The van der Waals surface area contributed by atoms with Crippen molar-refractivity contribution in [3.05, 3.63) is 61.1 Å². The molecule has 1 unspecified atom stereocenters. The summed E-state index contributed by atoms with van der Waals surface area (Å²) in [5, 5.41) is 2.94. The van der Waals surface area contributed by atoms with E-state index in [1.54, 1.807) is 30.5 Å². The van der Waals surface area contributed by atoms with Gasteiger partial charge in [0.15, 0.2) is 18.2 Å². The van der Waals surface area contributed by atoms with Crippen LogP contribution in [0.15, 0.2) is 59.9 Å². The van der Waals surface area contributed by atoms with E-state index in [2.05, 4.69) is 20.3 Å². The van der Waals surface area contributed by atoms with Gasteiger partial charge in [0.05, 0.1) is 18.1 Å². The third-order valence-corrected chi connectivity index (χ3v) is 7.56. The minimum absolute atomic E-state index is 0.223. The molecule has 4 rings (SSSR count). The average Bonchev–Trinajstić information content (AvgIpc) is 3.39. The van der Waals surface area contributed by atoms with Gasteiger partial charge < -0.3 is 9.73 Å². The lowest BCUT2D eigenvalue weighted by Crippen LogP contribution is -2.49.